The standard InChI is InChI=1S/C14H14ClN3O2.C4H2Cl2N2/c1-9-3-4-10(14(19)20-2)5-11(9)6-17-13-8-16-7-12(15)18-13;5-3-1-7-2-4(6)8-3/h3-5,7-8H,6H2,1-2H3,(H,17,18);1-2H. The van der Waals surface area contributed by atoms with Crippen molar-refractivity contribution in [2.24, 2.45) is 0 Å². The first-order chi connectivity index (χ1) is 13.4. The van der Waals surface area contributed by atoms with Gasteiger partial charge in [-0.25, -0.2) is 14.8 Å². The highest BCUT2D eigenvalue weighted by Gasteiger charge is 2.08. The molecule has 2 aromatic heterocycles. The van der Waals surface area contributed by atoms with Crippen LogP contribution in [-0.2, 0) is 11.3 Å². The summed E-state index contributed by atoms with van der Waals surface area (Å²) in [5.74, 6) is 0.231. The molecule has 0 saturated carbocycles. The Morgan fingerprint density at radius 1 is 1.00 bits per heavy atom. The summed E-state index contributed by atoms with van der Waals surface area (Å²) in [6.45, 7) is 2.49. The number of esters is 1. The number of ether oxygens (including phenoxy) is 1. The van der Waals surface area contributed by atoms with Crippen molar-refractivity contribution in [1.82, 2.24) is 19.9 Å². The van der Waals surface area contributed by atoms with Crippen molar-refractivity contribution >= 4 is 46.6 Å². The second-order valence-corrected chi connectivity index (χ2v) is 6.54. The minimum Gasteiger partial charge on any atom is -0.465 e. The summed E-state index contributed by atoms with van der Waals surface area (Å²) >= 11 is 16.5. The molecule has 146 valence electrons. The number of carbonyl (C=O) groups excluding carboxylic acids is 1. The predicted octanol–water partition coefficient (Wildman–Crippen LogP) is 4.62. The van der Waals surface area contributed by atoms with Gasteiger partial charge < -0.3 is 10.1 Å². The number of aryl methyl sites for hydroxylation is 1. The van der Waals surface area contributed by atoms with Gasteiger partial charge in [-0.05, 0) is 30.2 Å². The molecule has 3 rings (SSSR count). The van der Waals surface area contributed by atoms with Crippen molar-refractivity contribution in [3.8, 4) is 0 Å². The van der Waals surface area contributed by atoms with E-state index < -0.39 is 0 Å². The molecular formula is C18H16Cl3N5O2. The summed E-state index contributed by atoms with van der Waals surface area (Å²) in [5.41, 5.74) is 2.57. The van der Waals surface area contributed by atoms with E-state index in [2.05, 4.69) is 25.3 Å². The van der Waals surface area contributed by atoms with Crippen LogP contribution in [0, 0.1) is 6.92 Å². The maximum Gasteiger partial charge on any atom is 0.337 e. The summed E-state index contributed by atoms with van der Waals surface area (Å²) in [7, 11) is 1.36. The van der Waals surface area contributed by atoms with Crippen molar-refractivity contribution in [2.75, 3.05) is 12.4 Å². The monoisotopic (exact) mass is 439 g/mol. The van der Waals surface area contributed by atoms with Crippen LogP contribution in [0.15, 0.2) is 43.0 Å². The molecule has 0 fully saturated rings. The number of hydrogen-bond acceptors (Lipinski definition) is 7. The third-order valence-electron chi connectivity index (χ3n) is 3.41. The van der Waals surface area contributed by atoms with Gasteiger partial charge in [-0.1, -0.05) is 40.9 Å². The van der Waals surface area contributed by atoms with E-state index >= 15 is 0 Å². The summed E-state index contributed by atoms with van der Waals surface area (Å²) in [6.07, 6.45) is 5.90. The Bertz CT molecular complexity index is 939. The number of anilines is 1. The number of aromatic nitrogens is 4. The van der Waals surface area contributed by atoms with Crippen molar-refractivity contribution in [3.63, 3.8) is 0 Å². The second kappa shape index (κ2) is 10.8. The van der Waals surface area contributed by atoms with E-state index in [0.29, 0.717) is 33.4 Å². The molecule has 7 nitrogen and oxygen atoms in total. The minimum atomic E-state index is -0.353. The van der Waals surface area contributed by atoms with Crippen LogP contribution in [0.1, 0.15) is 21.5 Å². The third-order valence-corrected chi connectivity index (χ3v) is 3.96. The summed E-state index contributed by atoms with van der Waals surface area (Å²) in [5, 5.41) is 4.08. The van der Waals surface area contributed by atoms with Gasteiger partial charge in [0, 0.05) is 6.54 Å². The van der Waals surface area contributed by atoms with E-state index in [9.17, 15) is 4.79 Å². The first kappa shape index (κ1) is 21.8. The van der Waals surface area contributed by atoms with Gasteiger partial charge in [-0.2, -0.15) is 0 Å². The van der Waals surface area contributed by atoms with Gasteiger partial charge >= 0.3 is 5.97 Å². The molecule has 3 aromatic rings. The number of hydrogen-bond donors (Lipinski definition) is 1. The first-order valence-electron chi connectivity index (χ1n) is 7.91. The van der Waals surface area contributed by atoms with Gasteiger partial charge in [0.15, 0.2) is 0 Å². The fourth-order valence-corrected chi connectivity index (χ4v) is 2.53. The van der Waals surface area contributed by atoms with Crippen LogP contribution >= 0.6 is 34.8 Å². The van der Waals surface area contributed by atoms with E-state index in [1.807, 2.05) is 13.0 Å². The van der Waals surface area contributed by atoms with Gasteiger partial charge in [0.05, 0.1) is 37.5 Å². The van der Waals surface area contributed by atoms with Crippen molar-refractivity contribution in [1.29, 1.82) is 0 Å². The number of halogens is 3. The lowest BCUT2D eigenvalue weighted by Gasteiger charge is -2.10. The van der Waals surface area contributed by atoms with E-state index in [0.717, 1.165) is 11.1 Å². The molecule has 0 amide bonds. The van der Waals surface area contributed by atoms with Gasteiger partial charge in [0.25, 0.3) is 0 Å². The first-order valence-corrected chi connectivity index (χ1v) is 9.04. The average Bonchev–Trinajstić information content (AvgIpc) is 2.67. The van der Waals surface area contributed by atoms with Crippen molar-refractivity contribution < 1.29 is 9.53 Å². The molecule has 0 atom stereocenters. The summed E-state index contributed by atoms with van der Waals surface area (Å²) in [4.78, 5) is 26.9. The molecule has 10 heteroatoms. The van der Waals surface area contributed by atoms with Crippen LogP contribution in [0.4, 0.5) is 5.82 Å². The predicted molar refractivity (Wildman–Crippen MR) is 109 cm³/mol. The largest absolute Gasteiger partial charge is 0.465 e. The van der Waals surface area contributed by atoms with Crippen LogP contribution in [0.5, 0.6) is 0 Å². The van der Waals surface area contributed by atoms with Gasteiger partial charge in [0.1, 0.15) is 21.3 Å². The SMILES string of the molecule is COC(=O)c1ccc(C)c(CNc2cncc(Cl)n2)c1.Clc1cncc(Cl)n1. The molecule has 1 N–H and O–H groups in total. The van der Waals surface area contributed by atoms with Crippen LogP contribution in [0.2, 0.25) is 15.5 Å². The topological polar surface area (TPSA) is 89.9 Å². The van der Waals surface area contributed by atoms with Crippen molar-refractivity contribution in [3.05, 3.63) is 75.1 Å². The van der Waals surface area contributed by atoms with E-state index in [1.165, 1.54) is 25.7 Å². The van der Waals surface area contributed by atoms with Crippen LogP contribution in [-0.4, -0.2) is 33.0 Å². The zero-order valence-corrected chi connectivity index (χ0v) is 17.3. The lowest BCUT2D eigenvalue weighted by atomic mass is 10.0. The Hall–Kier alpha value is -2.48. The molecule has 0 aliphatic heterocycles. The molecule has 0 spiro atoms. The highest BCUT2D eigenvalue weighted by molar-refractivity contribution is 6.32. The lowest BCUT2D eigenvalue weighted by molar-refractivity contribution is 0.0600. The third kappa shape index (κ3) is 6.92. The van der Waals surface area contributed by atoms with E-state index in [-0.39, 0.29) is 5.97 Å². The van der Waals surface area contributed by atoms with Gasteiger partial charge in [0.2, 0.25) is 0 Å². The van der Waals surface area contributed by atoms with E-state index in [1.54, 1.807) is 18.3 Å². The molecule has 2 heterocycles. The molecule has 0 aliphatic rings. The number of nitrogens with zero attached hydrogens (tertiary/aromatic N) is 4. The molecule has 0 aliphatic carbocycles. The number of rotatable bonds is 4. The lowest BCUT2D eigenvalue weighted by Crippen LogP contribution is -2.07. The van der Waals surface area contributed by atoms with E-state index in [4.69, 9.17) is 39.5 Å². The fourth-order valence-electron chi connectivity index (χ4n) is 2.04. The van der Waals surface area contributed by atoms with Crippen LogP contribution in [0.25, 0.3) is 0 Å². The molecular weight excluding hydrogens is 425 g/mol. The Labute approximate surface area is 177 Å². The molecule has 0 unspecified atom stereocenters. The number of methoxy groups -OCH3 is 1. The highest BCUT2D eigenvalue weighted by Crippen LogP contribution is 2.15. The number of nitrogens with one attached hydrogen (secondary N) is 1. The van der Waals surface area contributed by atoms with Crippen LogP contribution < -0.4 is 5.32 Å². The minimum absolute atomic E-state index is 0.317. The Morgan fingerprint density at radius 3 is 2.14 bits per heavy atom. The second-order valence-electron chi connectivity index (χ2n) is 5.38. The van der Waals surface area contributed by atoms with Gasteiger partial charge in [-0.15, -0.1) is 0 Å². The molecule has 28 heavy (non-hydrogen) atoms. The number of carbonyl (C=O) groups is 1. The Morgan fingerprint density at radius 2 is 1.61 bits per heavy atom. The molecule has 1 aromatic carbocycles. The molecule has 0 saturated heterocycles. The molecule has 0 radical (unpaired) electrons. The smallest absolute Gasteiger partial charge is 0.337 e. The quantitative estimate of drug-likeness (QED) is 0.592. The zero-order valence-electron chi connectivity index (χ0n) is 15.0. The number of benzene rings is 1. The fraction of sp³-hybridized carbons (Fsp3) is 0.167. The van der Waals surface area contributed by atoms with Gasteiger partial charge in [-0.3, -0.25) is 9.97 Å². The normalized spacial score (nSPS) is 9.89. The average molecular weight is 441 g/mol. The van der Waals surface area contributed by atoms with Crippen molar-refractivity contribution in [2.45, 2.75) is 13.5 Å². The zero-order chi connectivity index (χ0) is 20.5. The molecule has 0 bridgehead atoms. The van der Waals surface area contributed by atoms with Crippen LogP contribution in [0.3, 0.4) is 0 Å². The maximum absolute atomic E-state index is 11.5. The summed E-state index contributed by atoms with van der Waals surface area (Å²) in [6, 6.07) is 5.42. The Balaban J connectivity index is 0.000000292. The summed E-state index contributed by atoms with van der Waals surface area (Å²) < 4.78 is 4.71. The maximum atomic E-state index is 11.5. The highest BCUT2D eigenvalue weighted by atomic mass is 35.5. The Kier molecular flexibility index (Phi) is 8.38.